The molecule has 2 heterocycles. The van der Waals surface area contributed by atoms with E-state index in [0.29, 0.717) is 31.1 Å². The van der Waals surface area contributed by atoms with Crippen LogP contribution in [0.5, 0.6) is 0 Å². The molecule has 1 unspecified atom stereocenters. The van der Waals surface area contributed by atoms with Gasteiger partial charge >= 0.3 is 0 Å². The van der Waals surface area contributed by atoms with Gasteiger partial charge in [-0.1, -0.05) is 19.9 Å². The second-order valence-electron chi connectivity index (χ2n) is 6.36. The zero-order valence-electron chi connectivity index (χ0n) is 14.4. The maximum absolute atomic E-state index is 12.9. The fourth-order valence-electron chi connectivity index (χ4n) is 2.78. The average Bonchev–Trinajstić information content (AvgIpc) is 2.95. The predicted octanol–water partition coefficient (Wildman–Crippen LogP) is 1.58. The zero-order valence-corrected chi connectivity index (χ0v) is 15.3. The minimum atomic E-state index is -0.552. The van der Waals surface area contributed by atoms with Gasteiger partial charge in [0.25, 0.3) is 5.91 Å². The summed E-state index contributed by atoms with van der Waals surface area (Å²) in [5, 5.41) is 4.71. The van der Waals surface area contributed by atoms with Gasteiger partial charge in [-0.15, -0.1) is 11.3 Å². The van der Waals surface area contributed by atoms with Gasteiger partial charge in [0.2, 0.25) is 11.8 Å². The third-order valence-electron chi connectivity index (χ3n) is 4.22. The van der Waals surface area contributed by atoms with Crippen LogP contribution >= 0.6 is 11.3 Å². The van der Waals surface area contributed by atoms with E-state index in [1.807, 2.05) is 25.3 Å². The quantitative estimate of drug-likeness (QED) is 0.895. The first-order chi connectivity index (χ1) is 11.4. The Morgan fingerprint density at radius 1 is 1.12 bits per heavy atom. The molecule has 0 spiro atoms. The van der Waals surface area contributed by atoms with E-state index < -0.39 is 6.04 Å². The molecule has 24 heavy (non-hydrogen) atoms. The molecule has 132 valence electrons. The van der Waals surface area contributed by atoms with E-state index >= 15 is 0 Å². The van der Waals surface area contributed by atoms with Crippen molar-refractivity contribution >= 4 is 29.1 Å². The highest BCUT2D eigenvalue weighted by Gasteiger charge is 2.30. The minimum absolute atomic E-state index is 0.00595. The minimum Gasteiger partial charge on any atom is -0.341 e. The molecule has 1 aliphatic rings. The molecule has 7 heteroatoms. The van der Waals surface area contributed by atoms with Gasteiger partial charge in [-0.2, -0.15) is 0 Å². The smallest absolute Gasteiger partial charge is 0.262 e. The number of nitrogens with zero attached hydrogens (tertiary/aromatic N) is 2. The lowest BCUT2D eigenvalue weighted by Crippen LogP contribution is -2.52. The van der Waals surface area contributed by atoms with Crippen molar-refractivity contribution in [3.8, 4) is 0 Å². The summed E-state index contributed by atoms with van der Waals surface area (Å²) in [6.45, 7) is 7.75. The van der Waals surface area contributed by atoms with Crippen molar-refractivity contribution in [1.82, 2.24) is 15.1 Å². The van der Waals surface area contributed by atoms with Gasteiger partial charge in [0.1, 0.15) is 6.04 Å². The first-order valence-corrected chi connectivity index (χ1v) is 9.16. The van der Waals surface area contributed by atoms with E-state index in [0.717, 1.165) is 6.42 Å². The Hall–Kier alpha value is -1.89. The SMILES string of the molecule is CC(=O)N1CCCN(C(=O)C(NC(=O)c2cccs2)C(C)C)CC1. The lowest BCUT2D eigenvalue weighted by Gasteiger charge is -2.29. The summed E-state index contributed by atoms with van der Waals surface area (Å²) in [5.41, 5.74) is 0. The summed E-state index contributed by atoms with van der Waals surface area (Å²) in [7, 11) is 0. The standard InChI is InChI=1S/C17H25N3O3S/c1-12(2)15(18-16(22)14-6-4-11-24-14)17(23)20-8-5-7-19(9-10-20)13(3)21/h4,6,11-12,15H,5,7-10H2,1-3H3,(H,18,22). The monoisotopic (exact) mass is 351 g/mol. The van der Waals surface area contributed by atoms with Crippen LogP contribution in [-0.4, -0.2) is 59.7 Å². The number of carbonyl (C=O) groups excluding carboxylic acids is 3. The molecule has 3 amide bonds. The largest absolute Gasteiger partial charge is 0.341 e. The van der Waals surface area contributed by atoms with Crippen molar-refractivity contribution in [2.75, 3.05) is 26.2 Å². The number of hydrogen-bond acceptors (Lipinski definition) is 4. The maximum Gasteiger partial charge on any atom is 0.262 e. The van der Waals surface area contributed by atoms with Gasteiger partial charge in [0.05, 0.1) is 4.88 Å². The number of rotatable bonds is 4. The van der Waals surface area contributed by atoms with Gasteiger partial charge in [0.15, 0.2) is 0 Å². The van der Waals surface area contributed by atoms with Crippen LogP contribution in [0.15, 0.2) is 17.5 Å². The molecule has 6 nitrogen and oxygen atoms in total. The Morgan fingerprint density at radius 3 is 2.38 bits per heavy atom. The van der Waals surface area contributed by atoms with E-state index in [-0.39, 0.29) is 23.6 Å². The summed E-state index contributed by atoms with van der Waals surface area (Å²) in [4.78, 5) is 40.8. The molecule has 0 aliphatic carbocycles. The van der Waals surface area contributed by atoms with Crippen molar-refractivity contribution in [2.45, 2.75) is 33.2 Å². The highest BCUT2D eigenvalue weighted by atomic mass is 32.1. The third-order valence-corrected chi connectivity index (χ3v) is 5.09. The number of thiophene rings is 1. The van der Waals surface area contributed by atoms with E-state index in [2.05, 4.69) is 5.32 Å². The van der Waals surface area contributed by atoms with E-state index in [1.165, 1.54) is 11.3 Å². The molecular weight excluding hydrogens is 326 g/mol. The molecule has 1 saturated heterocycles. The van der Waals surface area contributed by atoms with Gasteiger partial charge in [-0.05, 0) is 23.8 Å². The summed E-state index contributed by atoms with van der Waals surface area (Å²) < 4.78 is 0. The Labute approximate surface area is 146 Å². The lowest BCUT2D eigenvalue weighted by molar-refractivity contribution is -0.135. The molecule has 1 aromatic rings. The molecule has 1 aromatic heterocycles. The van der Waals surface area contributed by atoms with Crippen LogP contribution in [0.2, 0.25) is 0 Å². The van der Waals surface area contributed by atoms with Crippen molar-refractivity contribution in [3.05, 3.63) is 22.4 Å². The summed E-state index contributed by atoms with van der Waals surface area (Å²) >= 11 is 1.36. The molecule has 0 saturated carbocycles. The summed E-state index contributed by atoms with van der Waals surface area (Å²) in [6.07, 6.45) is 0.759. The number of carbonyl (C=O) groups is 3. The first kappa shape index (κ1) is 18.4. The van der Waals surface area contributed by atoms with E-state index in [1.54, 1.807) is 22.8 Å². The van der Waals surface area contributed by atoms with Gasteiger partial charge in [-0.25, -0.2) is 0 Å². The highest BCUT2D eigenvalue weighted by molar-refractivity contribution is 7.12. The highest BCUT2D eigenvalue weighted by Crippen LogP contribution is 2.13. The van der Waals surface area contributed by atoms with Gasteiger partial charge in [-0.3, -0.25) is 14.4 Å². The molecule has 2 rings (SSSR count). The molecule has 1 aliphatic heterocycles. The van der Waals surface area contributed by atoms with Crippen LogP contribution in [0.1, 0.15) is 36.9 Å². The molecule has 1 atom stereocenters. The van der Waals surface area contributed by atoms with Crippen LogP contribution < -0.4 is 5.32 Å². The third kappa shape index (κ3) is 4.56. The lowest BCUT2D eigenvalue weighted by atomic mass is 10.0. The Kier molecular flexibility index (Phi) is 6.36. The topological polar surface area (TPSA) is 69.7 Å². The normalized spacial score (nSPS) is 16.7. The molecule has 1 fully saturated rings. The van der Waals surface area contributed by atoms with Crippen molar-refractivity contribution in [1.29, 1.82) is 0 Å². The molecular formula is C17H25N3O3S. The number of amides is 3. The zero-order chi connectivity index (χ0) is 17.7. The Balaban J connectivity index is 2.03. The van der Waals surface area contributed by atoms with Gasteiger partial charge in [0, 0.05) is 33.1 Å². The number of nitrogens with one attached hydrogen (secondary N) is 1. The Bertz CT molecular complexity index is 586. The fraction of sp³-hybridized carbons (Fsp3) is 0.588. The van der Waals surface area contributed by atoms with Crippen LogP contribution in [0.3, 0.4) is 0 Å². The van der Waals surface area contributed by atoms with Crippen molar-refractivity contribution in [2.24, 2.45) is 5.92 Å². The van der Waals surface area contributed by atoms with Crippen molar-refractivity contribution < 1.29 is 14.4 Å². The molecule has 0 radical (unpaired) electrons. The van der Waals surface area contributed by atoms with Crippen LogP contribution in [0.25, 0.3) is 0 Å². The molecule has 0 aromatic carbocycles. The van der Waals surface area contributed by atoms with Gasteiger partial charge < -0.3 is 15.1 Å². The van der Waals surface area contributed by atoms with Crippen LogP contribution in [-0.2, 0) is 9.59 Å². The van der Waals surface area contributed by atoms with Crippen molar-refractivity contribution in [3.63, 3.8) is 0 Å². The predicted molar refractivity (Wildman–Crippen MR) is 93.9 cm³/mol. The first-order valence-electron chi connectivity index (χ1n) is 8.29. The second-order valence-corrected chi connectivity index (χ2v) is 7.31. The fourth-order valence-corrected chi connectivity index (χ4v) is 3.41. The van der Waals surface area contributed by atoms with E-state index in [4.69, 9.17) is 0 Å². The second kappa shape index (κ2) is 8.28. The summed E-state index contributed by atoms with van der Waals surface area (Å²) in [6, 6.07) is 3.01. The molecule has 1 N–H and O–H groups in total. The molecule has 0 bridgehead atoms. The average molecular weight is 351 g/mol. The van der Waals surface area contributed by atoms with Crippen LogP contribution in [0, 0.1) is 5.92 Å². The van der Waals surface area contributed by atoms with E-state index in [9.17, 15) is 14.4 Å². The maximum atomic E-state index is 12.9. The number of hydrogen-bond donors (Lipinski definition) is 1. The Morgan fingerprint density at radius 2 is 1.79 bits per heavy atom. The summed E-state index contributed by atoms with van der Waals surface area (Å²) in [5.74, 6) is -0.248. The van der Waals surface area contributed by atoms with Crippen LogP contribution in [0.4, 0.5) is 0 Å².